The number of carbonyl (C=O) groups is 5. The fraction of sp³-hybridized carbons (Fsp3) is 0.237. The van der Waals surface area contributed by atoms with Crippen molar-refractivity contribution < 1.29 is 28.4 Å². The van der Waals surface area contributed by atoms with E-state index >= 15 is 0 Å². The third kappa shape index (κ3) is 5.73. The summed E-state index contributed by atoms with van der Waals surface area (Å²) in [5.74, 6) is -2.79. The minimum atomic E-state index is -0.758. The molecule has 0 bridgehead atoms. The molecular weight excluding hydrogens is 597 g/mol. The van der Waals surface area contributed by atoms with Crippen molar-refractivity contribution in [3.8, 4) is 0 Å². The van der Waals surface area contributed by atoms with Gasteiger partial charge in [-0.3, -0.25) is 24.0 Å². The number of Topliss-reactive ketones (excluding diaryl/α,β-unsaturated/α-hetero) is 2. The summed E-state index contributed by atoms with van der Waals surface area (Å²) in [6.45, 7) is 0.242. The third-order valence-corrected chi connectivity index (χ3v) is 9.45. The number of carbonyl (C=O) groups excluding carboxylic acids is 5. The van der Waals surface area contributed by atoms with Gasteiger partial charge in [-0.15, -0.1) is 0 Å². The van der Waals surface area contributed by atoms with Crippen LogP contribution in [0.15, 0.2) is 97.1 Å². The monoisotopic (exact) mass is 629 g/mol. The van der Waals surface area contributed by atoms with E-state index in [2.05, 4.69) is 5.32 Å². The zero-order valence-corrected chi connectivity index (χ0v) is 25.5. The van der Waals surface area contributed by atoms with E-state index in [0.29, 0.717) is 41.0 Å². The van der Waals surface area contributed by atoms with Crippen molar-refractivity contribution in [2.24, 2.45) is 11.8 Å². The van der Waals surface area contributed by atoms with Crippen LogP contribution < -0.4 is 15.1 Å². The topological polar surface area (TPSA) is 104 Å². The molecular formula is C38H32FN3O5. The fourth-order valence-corrected chi connectivity index (χ4v) is 7.18. The second-order valence-electron chi connectivity index (χ2n) is 12.4. The summed E-state index contributed by atoms with van der Waals surface area (Å²) < 4.78 is 13.6. The smallest absolute Gasteiger partial charge is 0.255 e. The van der Waals surface area contributed by atoms with Gasteiger partial charge in [-0.25, -0.2) is 4.39 Å². The minimum Gasteiger partial charge on any atom is -0.322 e. The summed E-state index contributed by atoms with van der Waals surface area (Å²) in [5, 5.41) is 2.77. The lowest BCUT2D eigenvalue weighted by Gasteiger charge is -2.32. The Labute approximate surface area is 271 Å². The van der Waals surface area contributed by atoms with Crippen molar-refractivity contribution in [3.05, 3.63) is 125 Å². The van der Waals surface area contributed by atoms with Gasteiger partial charge in [0.1, 0.15) is 5.82 Å². The van der Waals surface area contributed by atoms with Crippen molar-refractivity contribution in [1.82, 2.24) is 0 Å². The molecule has 47 heavy (non-hydrogen) atoms. The van der Waals surface area contributed by atoms with Gasteiger partial charge in [-0.2, -0.15) is 0 Å². The number of benzene rings is 4. The van der Waals surface area contributed by atoms with Crippen LogP contribution in [0.4, 0.5) is 21.5 Å². The molecule has 3 amide bonds. The highest BCUT2D eigenvalue weighted by Crippen LogP contribution is 2.44. The van der Waals surface area contributed by atoms with Gasteiger partial charge < -0.3 is 15.1 Å². The number of nitrogens with one attached hydrogen (secondary N) is 1. The first kappa shape index (κ1) is 30.2. The number of anilines is 3. The molecule has 4 aromatic carbocycles. The van der Waals surface area contributed by atoms with Crippen molar-refractivity contribution in [2.75, 3.05) is 15.1 Å². The zero-order chi connectivity index (χ0) is 32.7. The maximum atomic E-state index is 14.2. The van der Waals surface area contributed by atoms with E-state index in [4.69, 9.17) is 0 Å². The van der Waals surface area contributed by atoms with E-state index in [9.17, 15) is 28.4 Å². The number of ketones is 2. The Morgan fingerprint density at radius 3 is 2.30 bits per heavy atom. The van der Waals surface area contributed by atoms with Gasteiger partial charge >= 0.3 is 0 Å². The highest BCUT2D eigenvalue weighted by Gasteiger charge is 2.46. The van der Waals surface area contributed by atoms with Gasteiger partial charge in [0.2, 0.25) is 11.8 Å². The molecule has 3 aliphatic rings. The van der Waals surface area contributed by atoms with Crippen LogP contribution >= 0.6 is 0 Å². The van der Waals surface area contributed by atoms with Gasteiger partial charge in [0.25, 0.3) is 5.91 Å². The second-order valence-corrected chi connectivity index (χ2v) is 12.4. The van der Waals surface area contributed by atoms with Crippen molar-refractivity contribution in [1.29, 1.82) is 0 Å². The lowest BCUT2D eigenvalue weighted by Crippen LogP contribution is -2.46. The van der Waals surface area contributed by atoms with Gasteiger partial charge in [-0.1, -0.05) is 61.0 Å². The molecule has 0 spiro atoms. The maximum Gasteiger partial charge on any atom is 0.255 e. The lowest BCUT2D eigenvalue weighted by atomic mass is 9.80. The molecule has 7 rings (SSSR count). The molecule has 2 aliphatic carbocycles. The number of hydrogen-bond donors (Lipinski definition) is 1. The Kier molecular flexibility index (Phi) is 7.97. The molecule has 1 aliphatic heterocycles. The molecule has 236 valence electrons. The van der Waals surface area contributed by atoms with Crippen LogP contribution in [-0.4, -0.2) is 35.3 Å². The van der Waals surface area contributed by atoms with Crippen LogP contribution in [0.1, 0.15) is 68.7 Å². The molecule has 1 N–H and O–H groups in total. The Morgan fingerprint density at radius 2 is 1.53 bits per heavy atom. The second kappa shape index (κ2) is 12.4. The number of amides is 3. The van der Waals surface area contributed by atoms with E-state index in [0.717, 1.165) is 12.0 Å². The average Bonchev–Trinajstić information content (AvgIpc) is 3.53. The van der Waals surface area contributed by atoms with Gasteiger partial charge in [-0.05, 0) is 60.9 Å². The summed E-state index contributed by atoms with van der Waals surface area (Å²) in [5.41, 5.74) is 3.51. The third-order valence-electron chi connectivity index (χ3n) is 9.45. The normalized spacial score (nSPS) is 20.3. The summed E-state index contributed by atoms with van der Waals surface area (Å²) in [7, 11) is 0. The number of halogens is 1. The van der Waals surface area contributed by atoms with Gasteiger partial charge in [0.05, 0.1) is 23.8 Å². The highest BCUT2D eigenvalue weighted by atomic mass is 19.1. The van der Waals surface area contributed by atoms with Crippen molar-refractivity contribution >= 4 is 46.4 Å². The SMILES string of the molecule is O=C(Nc1ccc(CN2C(=O)C3CCC[C@H]3N(C(=O)CC3CC(=O)c4ccccc4C3=O)c3ccccc32)cc1)c1cccc(F)c1. The number of nitrogens with zero attached hydrogens (tertiary/aromatic N) is 2. The molecule has 0 aromatic heterocycles. The van der Waals surface area contributed by atoms with Gasteiger partial charge in [0, 0.05) is 47.2 Å². The van der Waals surface area contributed by atoms with Crippen LogP contribution in [0.5, 0.6) is 0 Å². The molecule has 8 nitrogen and oxygen atoms in total. The van der Waals surface area contributed by atoms with Gasteiger partial charge in [0.15, 0.2) is 11.6 Å². The molecule has 2 unspecified atom stereocenters. The van der Waals surface area contributed by atoms with E-state index < -0.39 is 23.6 Å². The molecule has 1 heterocycles. The highest BCUT2D eigenvalue weighted by molar-refractivity contribution is 6.16. The van der Waals surface area contributed by atoms with E-state index in [1.54, 1.807) is 46.2 Å². The van der Waals surface area contributed by atoms with Crippen molar-refractivity contribution in [3.63, 3.8) is 0 Å². The molecule has 1 fully saturated rings. The first-order valence-electron chi connectivity index (χ1n) is 15.8. The fourth-order valence-electron chi connectivity index (χ4n) is 7.18. The number of fused-ring (bicyclic) bond motifs is 3. The average molecular weight is 630 g/mol. The first-order valence-corrected chi connectivity index (χ1v) is 15.8. The standard InChI is InChI=1S/C38H32FN3O5/c39-26-8-5-7-24(19-26)37(46)40-27-17-15-23(16-18-27)22-41-32-12-3-4-13-33(32)42(31-14-6-11-30(31)38(41)47)35(44)21-25-20-34(43)28-9-1-2-10-29(28)36(25)45/h1-5,7-10,12-13,15-19,25,30-31H,6,11,14,20-22H2,(H,40,46)/t25?,30?,31-/m1/s1. The first-order chi connectivity index (χ1) is 22.8. The number of hydrogen-bond acceptors (Lipinski definition) is 5. The molecule has 4 aromatic rings. The van der Waals surface area contributed by atoms with E-state index in [1.165, 1.54) is 24.3 Å². The van der Waals surface area contributed by atoms with Crippen LogP contribution in [0.25, 0.3) is 0 Å². The predicted octanol–water partition coefficient (Wildman–Crippen LogP) is 6.60. The molecule has 3 atom stereocenters. The largest absolute Gasteiger partial charge is 0.322 e. The van der Waals surface area contributed by atoms with Crippen LogP contribution in [-0.2, 0) is 16.1 Å². The van der Waals surface area contributed by atoms with Crippen molar-refractivity contribution in [2.45, 2.75) is 44.7 Å². The van der Waals surface area contributed by atoms with Crippen LogP contribution in [0.2, 0.25) is 0 Å². The Balaban J connectivity index is 1.14. The summed E-state index contributed by atoms with van der Waals surface area (Å²) in [6, 6.07) is 26.3. The van der Waals surface area contributed by atoms with E-state index in [-0.39, 0.29) is 54.4 Å². The van der Waals surface area contributed by atoms with E-state index in [1.807, 2.05) is 36.4 Å². The minimum absolute atomic E-state index is 0.0189. The quantitative estimate of drug-likeness (QED) is 0.259. The molecule has 9 heteroatoms. The summed E-state index contributed by atoms with van der Waals surface area (Å²) in [4.78, 5) is 70.7. The van der Waals surface area contributed by atoms with Crippen LogP contribution in [0, 0.1) is 17.7 Å². The number of para-hydroxylation sites is 2. The summed E-state index contributed by atoms with van der Waals surface area (Å²) in [6.07, 6.45) is 1.94. The number of rotatable bonds is 6. The maximum absolute atomic E-state index is 14.2. The predicted molar refractivity (Wildman–Crippen MR) is 175 cm³/mol. The Hall–Kier alpha value is -5.44. The molecule has 0 saturated heterocycles. The Morgan fingerprint density at radius 1 is 0.809 bits per heavy atom. The lowest BCUT2D eigenvalue weighted by molar-refractivity contribution is -0.123. The summed E-state index contributed by atoms with van der Waals surface area (Å²) >= 11 is 0. The zero-order valence-electron chi connectivity index (χ0n) is 25.5. The molecule has 0 radical (unpaired) electrons. The molecule has 1 saturated carbocycles. The Bertz CT molecular complexity index is 1920. The van der Waals surface area contributed by atoms with Crippen LogP contribution in [0.3, 0.4) is 0 Å².